The molecular weight excluding hydrogens is 144 g/mol. The fourth-order valence-corrected chi connectivity index (χ4v) is 1.21. The Morgan fingerprint density at radius 1 is 1.33 bits per heavy atom. The first-order valence-electron chi connectivity index (χ1n) is 4.99. The third-order valence-corrected chi connectivity index (χ3v) is 2.16. The maximum atomic E-state index is 4.07. The molecule has 0 N–H and O–H groups in total. The first kappa shape index (κ1) is 11.5. The van der Waals surface area contributed by atoms with E-state index in [2.05, 4.69) is 33.4 Å². The summed E-state index contributed by atoms with van der Waals surface area (Å²) in [5.41, 5.74) is 2.83. The molecule has 0 saturated heterocycles. The summed E-state index contributed by atoms with van der Waals surface area (Å²) >= 11 is 0. The molecule has 0 spiro atoms. The minimum absolute atomic E-state index is 1.10. The lowest BCUT2D eigenvalue weighted by molar-refractivity contribution is 0.705. The smallest absolute Gasteiger partial charge is 0.0114 e. The van der Waals surface area contributed by atoms with E-state index in [1.165, 1.54) is 36.8 Å². The Labute approximate surface area is 77.4 Å². The molecule has 0 rings (SSSR count). The van der Waals surface area contributed by atoms with Gasteiger partial charge in [-0.05, 0) is 33.1 Å². The fraction of sp³-hybridized carbons (Fsp3) is 0.667. The van der Waals surface area contributed by atoms with Crippen LogP contribution in [0.25, 0.3) is 0 Å². The molecule has 0 aliphatic carbocycles. The number of allylic oxidation sites excluding steroid dienone is 3. The molecule has 0 fully saturated rings. The molecule has 0 radical (unpaired) electrons. The third-order valence-electron chi connectivity index (χ3n) is 2.16. The summed E-state index contributed by atoms with van der Waals surface area (Å²) in [6.45, 7) is 10.6. The Kier molecular flexibility index (Phi) is 6.84. The Bertz CT molecular complexity index is 151. The van der Waals surface area contributed by atoms with Crippen molar-refractivity contribution in [3.05, 3.63) is 23.8 Å². The Morgan fingerprint density at radius 2 is 2.00 bits per heavy atom. The molecule has 12 heavy (non-hydrogen) atoms. The molecule has 0 heterocycles. The summed E-state index contributed by atoms with van der Waals surface area (Å²) in [6.07, 6.45) is 8.43. The van der Waals surface area contributed by atoms with Gasteiger partial charge in [-0.25, -0.2) is 0 Å². The quantitative estimate of drug-likeness (QED) is 0.403. The molecule has 0 aliphatic rings. The second kappa shape index (κ2) is 7.15. The molecule has 0 bridgehead atoms. The van der Waals surface area contributed by atoms with Crippen LogP contribution in [0.1, 0.15) is 52.9 Å². The van der Waals surface area contributed by atoms with E-state index in [9.17, 15) is 0 Å². The molecular formula is C12H22. The minimum atomic E-state index is 1.10. The molecule has 0 heteroatoms. The Hall–Kier alpha value is -0.520. The van der Waals surface area contributed by atoms with Crippen LogP contribution >= 0.6 is 0 Å². The van der Waals surface area contributed by atoms with E-state index in [1.54, 1.807) is 0 Å². The van der Waals surface area contributed by atoms with Gasteiger partial charge in [0.25, 0.3) is 0 Å². The highest BCUT2D eigenvalue weighted by Crippen LogP contribution is 2.15. The summed E-state index contributed by atoms with van der Waals surface area (Å²) in [5.74, 6) is 0. The summed E-state index contributed by atoms with van der Waals surface area (Å²) in [6, 6.07) is 0. The number of rotatable bonds is 6. The van der Waals surface area contributed by atoms with Crippen molar-refractivity contribution in [2.45, 2.75) is 52.9 Å². The largest absolute Gasteiger partial charge is 0.0995 e. The lowest BCUT2D eigenvalue weighted by Gasteiger charge is -2.04. The number of hydrogen-bond acceptors (Lipinski definition) is 0. The summed E-state index contributed by atoms with van der Waals surface area (Å²) in [4.78, 5) is 0. The van der Waals surface area contributed by atoms with E-state index in [-0.39, 0.29) is 0 Å². The third kappa shape index (κ3) is 6.21. The molecule has 0 aliphatic heterocycles. The van der Waals surface area contributed by atoms with Gasteiger partial charge in [0.05, 0.1) is 0 Å². The van der Waals surface area contributed by atoms with Gasteiger partial charge < -0.3 is 0 Å². The number of hydrogen-bond donors (Lipinski definition) is 0. The maximum Gasteiger partial charge on any atom is -0.0114 e. The van der Waals surface area contributed by atoms with E-state index in [0.717, 1.165) is 6.42 Å². The fourth-order valence-electron chi connectivity index (χ4n) is 1.21. The van der Waals surface area contributed by atoms with Gasteiger partial charge in [0, 0.05) is 0 Å². The second-order valence-corrected chi connectivity index (χ2v) is 3.52. The van der Waals surface area contributed by atoms with Gasteiger partial charge in [-0.15, -0.1) is 0 Å². The van der Waals surface area contributed by atoms with E-state index >= 15 is 0 Å². The highest BCUT2D eigenvalue weighted by atomic mass is 14.0. The zero-order valence-corrected chi connectivity index (χ0v) is 8.82. The van der Waals surface area contributed by atoms with Gasteiger partial charge in [0.2, 0.25) is 0 Å². The van der Waals surface area contributed by atoms with Crippen molar-refractivity contribution in [2.75, 3.05) is 0 Å². The first-order chi connectivity index (χ1) is 5.70. The maximum absolute atomic E-state index is 4.07. The van der Waals surface area contributed by atoms with Gasteiger partial charge >= 0.3 is 0 Å². The van der Waals surface area contributed by atoms with Crippen molar-refractivity contribution < 1.29 is 0 Å². The van der Waals surface area contributed by atoms with Crippen LogP contribution in [0.3, 0.4) is 0 Å². The van der Waals surface area contributed by atoms with Crippen LogP contribution in [-0.2, 0) is 0 Å². The second-order valence-electron chi connectivity index (χ2n) is 3.52. The van der Waals surface area contributed by atoms with Gasteiger partial charge in [-0.3, -0.25) is 0 Å². The normalized spacial score (nSPS) is 11.8. The zero-order chi connectivity index (χ0) is 9.40. The summed E-state index contributed by atoms with van der Waals surface area (Å²) < 4.78 is 0. The molecule has 0 nitrogen and oxygen atoms in total. The molecule has 0 amide bonds. The van der Waals surface area contributed by atoms with Crippen LogP contribution in [0.4, 0.5) is 0 Å². The van der Waals surface area contributed by atoms with Crippen LogP contribution in [0.5, 0.6) is 0 Å². The lowest BCUT2D eigenvalue weighted by atomic mass is 10.0. The predicted octanol–water partition coefficient (Wildman–Crippen LogP) is 4.48. The Morgan fingerprint density at radius 3 is 2.50 bits per heavy atom. The lowest BCUT2D eigenvalue weighted by Crippen LogP contribution is -1.84. The SMILES string of the molecule is C=C(CCCCC)CC(C)=CC. The molecule has 0 aromatic heterocycles. The van der Waals surface area contributed by atoms with Crippen molar-refractivity contribution in [1.82, 2.24) is 0 Å². The van der Waals surface area contributed by atoms with Crippen molar-refractivity contribution >= 4 is 0 Å². The van der Waals surface area contributed by atoms with E-state index in [4.69, 9.17) is 0 Å². The highest BCUT2D eigenvalue weighted by molar-refractivity contribution is 5.09. The van der Waals surface area contributed by atoms with Crippen LogP contribution in [0, 0.1) is 0 Å². The average molecular weight is 166 g/mol. The van der Waals surface area contributed by atoms with Gasteiger partial charge in [0.15, 0.2) is 0 Å². The molecule has 0 atom stereocenters. The van der Waals surface area contributed by atoms with Crippen LogP contribution in [-0.4, -0.2) is 0 Å². The monoisotopic (exact) mass is 166 g/mol. The van der Waals surface area contributed by atoms with Crippen molar-refractivity contribution in [3.8, 4) is 0 Å². The van der Waals surface area contributed by atoms with Gasteiger partial charge in [-0.1, -0.05) is 43.6 Å². The average Bonchev–Trinajstić information content (AvgIpc) is 2.05. The van der Waals surface area contributed by atoms with Crippen LogP contribution < -0.4 is 0 Å². The summed E-state index contributed by atoms with van der Waals surface area (Å²) in [5, 5.41) is 0. The molecule has 0 aromatic carbocycles. The van der Waals surface area contributed by atoms with Crippen molar-refractivity contribution in [2.24, 2.45) is 0 Å². The molecule has 0 unspecified atom stereocenters. The van der Waals surface area contributed by atoms with E-state index in [0.29, 0.717) is 0 Å². The first-order valence-corrected chi connectivity index (χ1v) is 4.99. The molecule has 0 saturated carbocycles. The summed E-state index contributed by atoms with van der Waals surface area (Å²) in [7, 11) is 0. The van der Waals surface area contributed by atoms with E-state index < -0.39 is 0 Å². The van der Waals surface area contributed by atoms with Crippen molar-refractivity contribution in [3.63, 3.8) is 0 Å². The highest BCUT2D eigenvalue weighted by Gasteiger charge is 1.95. The minimum Gasteiger partial charge on any atom is -0.0995 e. The predicted molar refractivity (Wildman–Crippen MR) is 57.3 cm³/mol. The van der Waals surface area contributed by atoms with Crippen LogP contribution in [0.15, 0.2) is 23.8 Å². The number of unbranched alkanes of at least 4 members (excludes halogenated alkanes) is 2. The topological polar surface area (TPSA) is 0 Å². The van der Waals surface area contributed by atoms with E-state index in [1.807, 2.05) is 0 Å². The zero-order valence-electron chi connectivity index (χ0n) is 8.82. The molecule has 0 aromatic rings. The standard InChI is InChI=1S/C12H22/c1-5-7-8-9-12(4)10-11(3)6-2/h6H,4-5,7-10H2,1-3H3. The molecule has 70 valence electrons. The van der Waals surface area contributed by atoms with Gasteiger partial charge in [-0.2, -0.15) is 0 Å². The van der Waals surface area contributed by atoms with Crippen molar-refractivity contribution in [1.29, 1.82) is 0 Å². The Balaban J connectivity index is 3.47. The van der Waals surface area contributed by atoms with Gasteiger partial charge in [0.1, 0.15) is 0 Å². The van der Waals surface area contributed by atoms with Crippen LogP contribution in [0.2, 0.25) is 0 Å².